The van der Waals surface area contributed by atoms with Gasteiger partial charge in [-0.2, -0.15) is 5.26 Å². The van der Waals surface area contributed by atoms with Crippen molar-refractivity contribution in [1.29, 1.82) is 5.26 Å². The van der Waals surface area contributed by atoms with Gasteiger partial charge in [-0.3, -0.25) is 9.59 Å². The minimum atomic E-state index is -0.770. The number of carbonyl (C=O) groups is 2. The molecule has 3 rings (SSSR count). The highest BCUT2D eigenvalue weighted by molar-refractivity contribution is 6.05. The zero-order valence-electron chi connectivity index (χ0n) is 17.1. The number of ether oxygens (including phenoxy) is 1. The standard InChI is InChI=1S/C23H24FN3O3/c1-3-30-18-8-10-27(11-9-18)23(29)17-6-4-15(2)21(13-17)26-22(28)19-7-5-16(14-25)12-20(19)24/h4-7,12-13,18H,3,8-11H2,1-2H3,(H,26,28). The lowest BCUT2D eigenvalue weighted by Crippen LogP contribution is -2.40. The Hall–Kier alpha value is -3.24. The van der Waals surface area contributed by atoms with Gasteiger partial charge in [0.1, 0.15) is 5.82 Å². The van der Waals surface area contributed by atoms with Crippen LogP contribution in [-0.4, -0.2) is 42.5 Å². The lowest BCUT2D eigenvalue weighted by molar-refractivity contribution is 0.0146. The zero-order chi connectivity index (χ0) is 21.7. The first-order chi connectivity index (χ1) is 14.4. The Kier molecular flexibility index (Phi) is 6.80. The lowest BCUT2D eigenvalue weighted by Gasteiger charge is -2.32. The highest BCUT2D eigenvalue weighted by atomic mass is 19.1. The van der Waals surface area contributed by atoms with Gasteiger partial charge in [-0.05, 0) is 62.6 Å². The van der Waals surface area contributed by atoms with E-state index in [1.165, 1.54) is 12.1 Å². The Morgan fingerprint density at radius 1 is 1.23 bits per heavy atom. The van der Waals surface area contributed by atoms with Crippen molar-refractivity contribution in [2.45, 2.75) is 32.8 Å². The summed E-state index contributed by atoms with van der Waals surface area (Å²) in [7, 11) is 0. The number of hydrogen-bond donors (Lipinski definition) is 1. The van der Waals surface area contributed by atoms with Crippen molar-refractivity contribution in [3.8, 4) is 6.07 Å². The van der Waals surface area contributed by atoms with Gasteiger partial charge in [-0.25, -0.2) is 4.39 Å². The van der Waals surface area contributed by atoms with E-state index in [9.17, 15) is 14.0 Å². The number of aryl methyl sites for hydroxylation is 1. The van der Waals surface area contributed by atoms with Crippen LogP contribution >= 0.6 is 0 Å². The summed E-state index contributed by atoms with van der Waals surface area (Å²) >= 11 is 0. The van der Waals surface area contributed by atoms with Crippen molar-refractivity contribution in [1.82, 2.24) is 4.90 Å². The molecule has 1 heterocycles. The molecule has 30 heavy (non-hydrogen) atoms. The molecule has 1 N–H and O–H groups in total. The second kappa shape index (κ2) is 9.51. The van der Waals surface area contributed by atoms with Gasteiger partial charge in [0.05, 0.1) is 23.3 Å². The van der Waals surface area contributed by atoms with Crippen LogP contribution in [0.3, 0.4) is 0 Å². The van der Waals surface area contributed by atoms with E-state index in [-0.39, 0.29) is 23.1 Å². The first-order valence-corrected chi connectivity index (χ1v) is 9.95. The number of nitriles is 1. The van der Waals surface area contributed by atoms with Crippen LogP contribution in [0.5, 0.6) is 0 Å². The number of likely N-dealkylation sites (tertiary alicyclic amines) is 1. The van der Waals surface area contributed by atoms with Gasteiger partial charge < -0.3 is 15.0 Å². The number of benzene rings is 2. The molecule has 156 valence electrons. The number of nitrogens with zero attached hydrogens (tertiary/aromatic N) is 2. The molecule has 0 spiro atoms. The van der Waals surface area contributed by atoms with Crippen molar-refractivity contribution in [2.24, 2.45) is 0 Å². The number of amides is 2. The minimum absolute atomic E-state index is 0.106. The predicted molar refractivity (Wildman–Crippen MR) is 111 cm³/mol. The summed E-state index contributed by atoms with van der Waals surface area (Å²) in [6.07, 6.45) is 1.79. The van der Waals surface area contributed by atoms with E-state index in [1.54, 1.807) is 30.0 Å². The van der Waals surface area contributed by atoms with E-state index in [0.29, 0.717) is 30.9 Å². The average Bonchev–Trinajstić information content (AvgIpc) is 2.75. The molecule has 1 aliphatic rings. The molecule has 0 saturated carbocycles. The summed E-state index contributed by atoms with van der Waals surface area (Å²) in [6, 6.07) is 10.6. The van der Waals surface area contributed by atoms with E-state index in [4.69, 9.17) is 10.00 Å². The van der Waals surface area contributed by atoms with Crippen molar-refractivity contribution >= 4 is 17.5 Å². The van der Waals surface area contributed by atoms with Crippen LogP contribution in [0, 0.1) is 24.1 Å². The van der Waals surface area contributed by atoms with Crippen LogP contribution in [0.2, 0.25) is 0 Å². The van der Waals surface area contributed by atoms with Gasteiger partial charge in [0, 0.05) is 30.9 Å². The number of nitrogens with one attached hydrogen (secondary N) is 1. The SMILES string of the molecule is CCOC1CCN(C(=O)c2ccc(C)c(NC(=O)c3ccc(C#N)cc3F)c2)CC1. The highest BCUT2D eigenvalue weighted by Gasteiger charge is 2.24. The quantitative estimate of drug-likeness (QED) is 0.812. The number of carbonyl (C=O) groups excluding carboxylic acids is 2. The molecule has 2 aromatic carbocycles. The van der Waals surface area contributed by atoms with E-state index in [2.05, 4.69) is 5.32 Å². The summed E-state index contributed by atoms with van der Waals surface area (Å²) in [4.78, 5) is 27.2. The van der Waals surface area contributed by atoms with Crippen LogP contribution in [-0.2, 0) is 4.74 Å². The first-order valence-electron chi connectivity index (χ1n) is 9.95. The first kappa shape index (κ1) is 21.5. The van der Waals surface area contributed by atoms with Crippen molar-refractivity contribution < 1.29 is 18.7 Å². The number of hydrogen-bond acceptors (Lipinski definition) is 4. The molecule has 2 amide bonds. The molecule has 0 atom stereocenters. The molecule has 1 fully saturated rings. The summed E-state index contributed by atoms with van der Waals surface area (Å²) < 4.78 is 19.8. The maximum absolute atomic E-state index is 14.1. The molecule has 0 aliphatic carbocycles. The van der Waals surface area contributed by atoms with Gasteiger partial charge in [0.25, 0.3) is 11.8 Å². The van der Waals surface area contributed by atoms with E-state index in [1.807, 2.05) is 13.0 Å². The van der Waals surface area contributed by atoms with Gasteiger partial charge in [0.15, 0.2) is 0 Å². The molecule has 7 heteroatoms. The van der Waals surface area contributed by atoms with E-state index >= 15 is 0 Å². The third-order valence-corrected chi connectivity index (χ3v) is 5.21. The Morgan fingerprint density at radius 2 is 1.97 bits per heavy atom. The smallest absolute Gasteiger partial charge is 0.258 e. The van der Waals surface area contributed by atoms with Crippen LogP contribution < -0.4 is 5.32 Å². The monoisotopic (exact) mass is 409 g/mol. The molecule has 0 bridgehead atoms. The van der Waals surface area contributed by atoms with E-state index in [0.717, 1.165) is 24.5 Å². The third kappa shape index (κ3) is 4.84. The summed E-state index contributed by atoms with van der Waals surface area (Å²) in [5.74, 6) is -1.51. The van der Waals surface area contributed by atoms with E-state index < -0.39 is 11.7 Å². The third-order valence-electron chi connectivity index (χ3n) is 5.21. The Labute approximate surface area is 175 Å². The van der Waals surface area contributed by atoms with Crippen molar-refractivity contribution in [2.75, 3.05) is 25.0 Å². The molecule has 0 radical (unpaired) electrons. The van der Waals surface area contributed by atoms with Gasteiger partial charge >= 0.3 is 0 Å². The fourth-order valence-corrected chi connectivity index (χ4v) is 3.49. The molecular formula is C23H24FN3O3. The van der Waals surface area contributed by atoms with Gasteiger partial charge in [-0.15, -0.1) is 0 Å². The number of rotatable bonds is 5. The maximum Gasteiger partial charge on any atom is 0.258 e. The maximum atomic E-state index is 14.1. The lowest BCUT2D eigenvalue weighted by atomic mass is 10.0. The number of anilines is 1. The molecule has 1 aliphatic heterocycles. The van der Waals surface area contributed by atoms with Crippen LogP contribution in [0.25, 0.3) is 0 Å². The second-order valence-corrected chi connectivity index (χ2v) is 7.24. The Balaban J connectivity index is 1.73. The molecule has 2 aromatic rings. The topological polar surface area (TPSA) is 82.4 Å². The molecule has 1 saturated heterocycles. The van der Waals surface area contributed by atoms with Crippen molar-refractivity contribution in [3.63, 3.8) is 0 Å². The summed E-state index contributed by atoms with van der Waals surface area (Å²) in [6.45, 7) is 5.67. The highest BCUT2D eigenvalue weighted by Crippen LogP contribution is 2.22. The summed E-state index contributed by atoms with van der Waals surface area (Å²) in [5, 5.41) is 11.5. The number of piperidine rings is 1. The minimum Gasteiger partial charge on any atom is -0.378 e. The normalized spacial score (nSPS) is 14.3. The van der Waals surface area contributed by atoms with Crippen LogP contribution in [0.1, 0.15) is 51.6 Å². The van der Waals surface area contributed by atoms with Gasteiger partial charge in [-0.1, -0.05) is 6.07 Å². The Morgan fingerprint density at radius 3 is 2.60 bits per heavy atom. The fourth-order valence-electron chi connectivity index (χ4n) is 3.49. The second-order valence-electron chi connectivity index (χ2n) is 7.24. The zero-order valence-corrected chi connectivity index (χ0v) is 17.1. The van der Waals surface area contributed by atoms with Crippen molar-refractivity contribution in [3.05, 3.63) is 64.5 Å². The largest absolute Gasteiger partial charge is 0.378 e. The van der Waals surface area contributed by atoms with Crippen LogP contribution in [0.15, 0.2) is 36.4 Å². The Bertz CT molecular complexity index is 992. The summed E-state index contributed by atoms with van der Waals surface area (Å²) in [5.41, 5.74) is 1.64. The van der Waals surface area contributed by atoms with Crippen LogP contribution in [0.4, 0.5) is 10.1 Å². The number of halogens is 1. The fraction of sp³-hybridized carbons (Fsp3) is 0.348. The molecule has 6 nitrogen and oxygen atoms in total. The molecule has 0 aromatic heterocycles. The molecular weight excluding hydrogens is 385 g/mol. The molecule has 0 unspecified atom stereocenters. The van der Waals surface area contributed by atoms with Gasteiger partial charge in [0.2, 0.25) is 0 Å². The predicted octanol–water partition coefficient (Wildman–Crippen LogP) is 3.90. The average molecular weight is 409 g/mol.